The van der Waals surface area contributed by atoms with E-state index in [1.165, 1.54) is 18.3 Å². The number of hydrogen-bond donors (Lipinski definition) is 1. The molecule has 1 aliphatic heterocycles. The second-order valence-corrected chi connectivity index (χ2v) is 8.89. The summed E-state index contributed by atoms with van der Waals surface area (Å²) >= 11 is 1.26. The van der Waals surface area contributed by atoms with E-state index in [1.54, 1.807) is 55.9 Å². The Bertz CT molecular complexity index is 1480. The van der Waals surface area contributed by atoms with Gasteiger partial charge in [0.05, 0.1) is 35.6 Å². The molecule has 1 aliphatic rings. The van der Waals surface area contributed by atoms with Crippen molar-refractivity contribution in [1.82, 2.24) is 4.57 Å². The summed E-state index contributed by atoms with van der Waals surface area (Å²) in [6.45, 7) is 5.15. The molecule has 0 saturated carbocycles. The molecule has 0 radical (unpaired) electrons. The average Bonchev–Trinajstić information content (AvgIpc) is 3.13. The topological polar surface area (TPSA) is 99.0 Å². The molecule has 9 heteroatoms. The molecule has 0 saturated heterocycles. The Balaban J connectivity index is 1.85. The van der Waals surface area contributed by atoms with Crippen LogP contribution in [0.15, 0.2) is 69.6 Å². The molecule has 0 aliphatic carbocycles. The number of ether oxygens (including phenoxy) is 2. The molecule has 0 fully saturated rings. The quantitative estimate of drug-likeness (QED) is 0.535. The van der Waals surface area contributed by atoms with Gasteiger partial charge in [-0.15, -0.1) is 0 Å². The number of methoxy groups -OCH3 is 1. The highest BCUT2D eigenvalue weighted by Crippen LogP contribution is 2.31. The maximum Gasteiger partial charge on any atom is 0.338 e. The lowest BCUT2D eigenvalue weighted by Gasteiger charge is -2.24. The summed E-state index contributed by atoms with van der Waals surface area (Å²) in [5.41, 5.74) is 2.80. The highest BCUT2D eigenvalue weighted by Gasteiger charge is 2.33. The van der Waals surface area contributed by atoms with Gasteiger partial charge in [0.25, 0.3) is 5.56 Å². The Morgan fingerprint density at radius 3 is 2.43 bits per heavy atom. The van der Waals surface area contributed by atoms with Crippen molar-refractivity contribution >= 4 is 35.0 Å². The minimum atomic E-state index is -0.680. The van der Waals surface area contributed by atoms with Crippen molar-refractivity contribution in [3.05, 3.63) is 90.6 Å². The minimum absolute atomic E-state index is 0.155. The average molecular weight is 492 g/mol. The molecule has 4 rings (SSSR count). The van der Waals surface area contributed by atoms with Gasteiger partial charge in [-0.25, -0.2) is 9.79 Å². The number of anilines is 1. The van der Waals surface area contributed by atoms with Crippen LogP contribution >= 0.6 is 11.3 Å². The van der Waals surface area contributed by atoms with E-state index in [4.69, 9.17) is 9.47 Å². The standard InChI is InChI=1S/C26H25N3O5S/c1-5-34-25(32)22-15(2)27-26-29(23(22)18-8-12-20(33-4)13-9-18)24(31)21(35-26)14-17-6-10-19(11-7-17)28-16(3)30/h6-14,23H,5H2,1-4H3,(H,28,30)/b21-14-/t23-/m1/s1. The van der Waals surface area contributed by atoms with Gasteiger partial charge in [-0.3, -0.25) is 14.2 Å². The second-order valence-electron chi connectivity index (χ2n) is 7.88. The van der Waals surface area contributed by atoms with Crippen LogP contribution in [0.1, 0.15) is 37.9 Å². The fourth-order valence-electron chi connectivity index (χ4n) is 3.91. The van der Waals surface area contributed by atoms with E-state index in [2.05, 4.69) is 10.3 Å². The van der Waals surface area contributed by atoms with Crippen molar-refractivity contribution in [2.45, 2.75) is 26.8 Å². The highest BCUT2D eigenvalue weighted by molar-refractivity contribution is 7.07. The molecule has 0 unspecified atom stereocenters. The highest BCUT2D eigenvalue weighted by atomic mass is 32.1. The maximum absolute atomic E-state index is 13.6. The molecule has 1 N–H and O–H groups in total. The molecule has 0 bridgehead atoms. The monoisotopic (exact) mass is 491 g/mol. The number of hydrogen-bond acceptors (Lipinski definition) is 7. The van der Waals surface area contributed by atoms with Crippen LogP contribution in [-0.2, 0) is 14.3 Å². The van der Waals surface area contributed by atoms with Crippen LogP contribution in [0.5, 0.6) is 5.75 Å². The lowest BCUT2D eigenvalue weighted by molar-refractivity contribution is -0.139. The molecule has 3 aromatic rings. The van der Waals surface area contributed by atoms with Gasteiger partial charge in [0.15, 0.2) is 4.80 Å². The molecule has 180 valence electrons. The zero-order chi connectivity index (χ0) is 25.1. The van der Waals surface area contributed by atoms with E-state index in [0.29, 0.717) is 32.0 Å². The van der Waals surface area contributed by atoms with Crippen LogP contribution in [0.25, 0.3) is 6.08 Å². The van der Waals surface area contributed by atoms with Gasteiger partial charge in [-0.2, -0.15) is 0 Å². The van der Waals surface area contributed by atoms with Gasteiger partial charge in [0.1, 0.15) is 5.75 Å². The molecule has 1 aromatic heterocycles. The number of amides is 1. The largest absolute Gasteiger partial charge is 0.497 e. The van der Waals surface area contributed by atoms with Gasteiger partial charge < -0.3 is 14.8 Å². The minimum Gasteiger partial charge on any atom is -0.497 e. The van der Waals surface area contributed by atoms with Crippen LogP contribution in [0.2, 0.25) is 0 Å². The number of benzene rings is 2. The zero-order valence-electron chi connectivity index (χ0n) is 19.8. The van der Waals surface area contributed by atoms with E-state index >= 15 is 0 Å². The van der Waals surface area contributed by atoms with E-state index in [-0.39, 0.29) is 18.1 Å². The van der Waals surface area contributed by atoms with Gasteiger partial charge >= 0.3 is 5.97 Å². The normalized spacial score (nSPS) is 15.3. The fourth-order valence-corrected chi connectivity index (χ4v) is 4.96. The van der Waals surface area contributed by atoms with Crippen LogP contribution in [-0.4, -0.2) is 30.2 Å². The molecule has 8 nitrogen and oxygen atoms in total. The number of nitrogens with one attached hydrogen (secondary N) is 1. The summed E-state index contributed by atoms with van der Waals surface area (Å²) < 4.78 is 12.6. The number of carbonyl (C=O) groups is 2. The number of allylic oxidation sites excluding steroid dienone is 1. The van der Waals surface area contributed by atoms with Crippen molar-refractivity contribution < 1.29 is 19.1 Å². The summed E-state index contributed by atoms with van der Waals surface area (Å²) in [5, 5.41) is 2.72. The molecular formula is C26H25N3O5S. The number of carbonyl (C=O) groups excluding carboxylic acids is 2. The van der Waals surface area contributed by atoms with Crippen LogP contribution in [0.3, 0.4) is 0 Å². The van der Waals surface area contributed by atoms with Crippen molar-refractivity contribution in [2.75, 3.05) is 19.0 Å². The maximum atomic E-state index is 13.6. The Kier molecular flexibility index (Phi) is 6.97. The summed E-state index contributed by atoms with van der Waals surface area (Å²) in [7, 11) is 1.58. The van der Waals surface area contributed by atoms with Gasteiger partial charge in [0, 0.05) is 12.6 Å². The van der Waals surface area contributed by atoms with Crippen molar-refractivity contribution in [2.24, 2.45) is 4.99 Å². The number of esters is 1. The first-order valence-electron chi connectivity index (χ1n) is 11.0. The number of nitrogens with zero attached hydrogens (tertiary/aromatic N) is 2. The first-order chi connectivity index (χ1) is 16.8. The summed E-state index contributed by atoms with van der Waals surface area (Å²) in [6, 6.07) is 13.7. The third-order valence-electron chi connectivity index (χ3n) is 5.48. The number of thiazole rings is 1. The number of rotatable bonds is 6. The number of aromatic nitrogens is 1. The van der Waals surface area contributed by atoms with E-state index < -0.39 is 12.0 Å². The summed E-state index contributed by atoms with van der Waals surface area (Å²) in [4.78, 5) is 42.9. The Hall–Kier alpha value is -3.98. The molecule has 2 heterocycles. The molecule has 1 atom stereocenters. The van der Waals surface area contributed by atoms with E-state index in [0.717, 1.165) is 11.1 Å². The third-order valence-corrected chi connectivity index (χ3v) is 6.46. The van der Waals surface area contributed by atoms with E-state index in [9.17, 15) is 14.4 Å². The molecule has 2 aromatic carbocycles. The van der Waals surface area contributed by atoms with Crippen molar-refractivity contribution in [3.8, 4) is 5.75 Å². The predicted octanol–water partition coefficient (Wildman–Crippen LogP) is 2.77. The third kappa shape index (κ3) is 4.95. The SMILES string of the molecule is CCOC(=O)C1=C(C)N=c2s/c(=C\c3ccc(NC(C)=O)cc3)c(=O)n2[C@@H]1c1ccc(OC)cc1. The second kappa shape index (κ2) is 10.1. The van der Waals surface area contributed by atoms with E-state index in [1.807, 2.05) is 24.3 Å². The van der Waals surface area contributed by atoms with Gasteiger partial charge in [-0.05, 0) is 55.3 Å². The first-order valence-corrected chi connectivity index (χ1v) is 11.8. The van der Waals surface area contributed by atoms with Crippen molar-refractivity contribution in [1.29, 1.82) is 0 Å². The Morgan fingerprint density at radius 2 is 1.83 bits per heavy atom. The predicted molar refractivity (Wildman–Crippen MR) is 134 cm³/mol. The van der Waals surface area contributed by atoms with Gasteiger partial charge in [0.2, 0.25) is 5.91 Å². The first kappa shape index (κ1) is 24.2. The molecular weight excluding hydrogens is 466 g/mol. The van der Waals surface area contributed by atoms with Crippen LogP contribution < -0.4 is 24.9 Å². The fraction of sp³-hybridized carbons (Fsp3) is 0.231. The smallest absolute Gasteiger partial charge is 0.338 e. The Morgan fingerprint density at radius 1 is 1.14 bits per heavy atom. The van der Waals surface area contributed by atoms with Gasteiger partial charge in [-0.1, -0.05) is 35.6 Å². The lowest BCUT2D eigenvalue weighted by Crippen LogP contribution is -2.39. The van der Waals surface area contributed by atoms with Crippen molar-refractivity contribution in [3.63, 3.8) is 0 Å². The van der Waals surface area contributed by atoms with Crippen LogP contribution in [0.4, 0.5) is 5.69 Å². The summed E-state index contributed by atoms with van der Waals surface area (Å²) in [6.07, 6.45) is 1.77. The Labute approximate surface area is 205 Å². The summed E-state index contributed by atoms with van der Waals surface area (Å²) in [5.74, 6) is 0.0111. The zero-order valence-corrected chi connectivity index (χ0v) is 20.6. The number of fused-ring (bicyclic) bond motifs is 1. The molecule has 0 spiro atoms. The molecule has 1 amide bonds. The lowest BCUT2D eigenvalue weighted by atomic mass is 9.96. The molecule has 35 heavy (non-hydrogen) atoms. The van der Waals surface area contributed by atoms with Crippen LogP contribution in [0, 0.1) is 0 Å².